The van der Waals surface area contributed by atoms with E-state index in [9.17, 15) is 0 Å². The van der Waals surface area contributed by atoms with E-state index in [0.717, 1.165) is 37.5 Å². The molecule has 1 aromatic carbocycles. The van der Waals surface area contributed by atoms with Crippen molar-refractivity contribution in [2.24, 2.45) is 0 Å². The molecule has 2 N–H and O–H groups in total. The summed E-state index contributed by atoms with van der Waals surface area (Å²) in [6.07, 6.45) is 3.75. The highest BCUT2D eigenvalue weighted by Crippen LogP contribution is 2.39. The number of quaternary nitrogens is 2. The lowest BCUT2D eigenvalue weighted by Gasteiger charge is -2.30. The van der Waals surface area contributed by atoms with Crippen molar-refractivity contribution in [3.8, 4) is 17.2 Å². The highest BCUT2D eigenvalue weighted by Gasteiger charge is 2.25. The van der Waals surface area contributed by atoms with E-state index in [0.29, 0.717) is 11.5 Å². The van der Waals surface area contributed by atoms with E-state index in [1.807, 2.05) is 18.5 Å². The van der Waals surface area contributed by atoms with Crippen LogP contribution in [-0.4, -0.2) is 52.5 Å². The average molecular weight is 359 g/mol. The van der Waals surface area contributed by atoms with Gasteiger partial charge in [-0.15, -0.1) is 0 Å². The van der Waals surface area contributed by atoms with Gasteiger partial charge in [-0.25, -0.2) is 0 Å². The molecule has 140 valence electrons. The van der Waals surface area contributed by atoms with Crippen LogP contribution in [0.5, 0.6) is 17.2 Å². The summed E-state index contributed by atoms with van der Waals surface area (Å²) >= 11 is 0. The number of piperazine rings is 1. The zero-order valence-electron chi connectivity index (χ0n) is 15.9. The van der Waals surface area contributed by atoms with E-state index in [4.69, 9.17) is 14.2 Å². The minimum atomic E-state index is 0.675. The van der Waals surface area contributed by atoms with Crippen molar-refractivity contribution in [2.75, 3.05) is 47.5 Å². The summed E-state index contributed by atoms with van der Waals surface area (Å²) in [6, 6.07) is 8.27. The first-order chi connectivity index (χ1) is 12.7. The number of hydrogen-bond donors (Lipinski definition) is 2. The minimum Gasteiger partial charge on any atom is -0.493 e. The zero-order chi connectivity index (χ0) is 18.4. The molecule has 6 nitrogen and oxygen atoms in total. The molecule has 1 fully saturated rings. The van der Waals surface area contributed by atoms with Crippen LogP contribution in [0.1, 0.15) is 11.1 Å². The van der Waals surface area contributed by atoms with E-state index in [1.165, 1.54) is 18.7 Å². The van der Waals surface area contributed by atoms with Crippen molar-refractivity contribution < 1.29 is 24.0 Å². The second-order valence-electron chi connectivity index (χ2n) is 6.70. The maximum atomic E-state index is 5.62. The summed E-state index contributed by atoms with van der Waals surface area (Å²) in [6.45, 7) is 6.66. The highest BCUT2D eigenvalue weighted by molar-refractivity contribution is 5.55. The first kappa shape index (κ1) is 18.5. The maximum Gasteiger partial charge on any atom is 0.203 e. The van der Waals surface area contributed by atoms with Crippen LogP contribution in [0.2, 0.25) is 0 Å². The molecule has 0 spiro atoms. The Morgan fingerprint density at radius 3 is 1.96 bits per heavy atom. The Morgan fingerprint density at radius 2 is 1.38 bits per heavy atom. The van der Waals surface area contributed by atoms with Crippen molar-refractivity contribution in [3.05, 3.63) is 47.8 Å². The molecule has 0 unspecified atom stereocenters. The Bertz CT molecular complexity index is 701. The smallest absolute Gasteiger partial charge is 0.203 e. The van der Waals surface area contributed by atoms with E-state index in [-0.39, 0.29) is 0 Å². The van der Waals surface area contributed by atoms with Crippen LogP contribution in [0.15, 0.2) is 36.7 Å². The first-order valence-corrected chi connectivity index (χ1v) is 9.09. The number of aromatic nitrogens is 1. The molecule has 0 radical (unpaired) electrons. The van der Waals surface area contributed by atoms with Crippen LogP contribution in [0.3, 0.4) is 0 Å². The predicted octanol–water partition coefficient (Wildman–Crippen LogP) is -0.409. The predicted molar refractivity (Wildman–Crippen MR) is 99.1 cm³/mol. The maximum absolute atomic E-state index is 5.62. The van der Waals surface area contributed by atoms with Crippen molar-refractivity contribution in [1.29, 1.82) is 0 Å². The average Bonchev–Trinajstić information content (AvgIpc) is 2.69. The lowest BCUT2D eigenvalue weighted by atomic mass is 10.1. The van der Waals surface area contributed by atoms with E-state index in [2.05, 4.69) is 23.2 Å². The minimum absolute atomic E-state index is 0.675. The number of ether oxygens (including phenoxy) is 3. The number of nitrogens with zero attached hydrogens (tertiary/aromatic N) is 1. The fraction of sp³-hybridized carbons (Fsp3) is 0.450. The van der Waals surface area contributed by atoms with Gasteiger partial charge in [-0.2, -0.15) is 0 Å². The van der Waals surface area contributed by atoms with Crippen LogP contribution in [0.25, 0.3) is 0 Å². The standard InChI is InChI=1S/C20H27N3O3/c1-24-18-5-4-17(19(25-2)20(18)26-3)15-23-12-10-22(11-13-23)14-16-6-8-21-9-7-16/h4-9H,10-15H2,1-3H3/p+2. The van der Waals surface area contributed by atoms with Gasteiger partial charge >= 0.3 is 0 Å². The van der Waals surface area contributed by atoms with Gasteiger partial charge in [0.15, 0.2) is 11.5 Å². The number of benzene rings is 1. The SMILES string of the molecule is COc1ccc(C[NH+]2CC[NH+](Cc3ccncc3)CC2)c(OC)c1OC. The fourth-order valence-electron chi connectivity index (χ4n) is 3.67. The molecule has 1 aromatic heterocycles. The Morgan fingerprint density at radius 1 is 0.769 bits per heavy atom. The Balaban J connectivity index is 1.61. The normalized spacial score (nSPS) is 19.8. The molecule has 2 aromatic rings. The Hall–Kier alpha value is -2.31. The molecule has 0 bridgehead atoms. The van der Waals surface area contributed by atoms with Gasteiger partial charge in [0.1, 0.15) is 39.3 Å². The molecular formula is C20H29N3O3+2. The van der Waals surface area contributed by atoms with Crippen molar-refractivity contribution in [2.45, 2.75) is 13.1 Å². The van der Waals surface area contributed by atoms with Crippen molar-refractivity contribution >= 4 is 0 Å². The summed E-state index contributed by atoms with van der Waals surface area (Å²) in [5.41, 5.74) is 2.53. The van der Waals surface area contributed by atoms with E-state index < -0.39 is 0 Å². The van der Waals surface area contributed by atoms with Crippen LogP contribution >= 0.6 is 0 Å². The van der Waals surface area contributed by atoms with Gasteiger partial charge in [-0.3, -0.25) is 4.98 Å². The van der Waals surface area contributed by atoms with E-state index in [1.54, 1.807) is 31.1 Å². The van der Waals surface area contributed by atoms with E-state index >= 15 is 0 Å². The molecule has 1 aliphatic rings. The lowest BCUT2D eigenvalue weighted by molar-refractivity contribution is -1.02. The second kappa shape index (κ2) is 8.87. The molecule has 0 atom stereocenters. The largest absolute Gasteiger partial charge is 0.493 e. The monoisotopic (exact) mass is 359 g/mol. The molecular weight excluding hydrogens is 330 g/mol. The summed E-state index contributed by atoms with van der Waals surface area (Å²) in [4.78, 5) is 7.31. The van der Waals surface area contributed by atoms with Gasteiger partial charge in [0.25, 0.3) is 0 Å². The molecule has 3 rings (SSSR count). The van der Waals surface area contributed by atoms with Crippen molar-refractivity contribution in [1.82, 2.24) is 4.98 Å². The second-order valence-corrected chi connectivity index (χ2v) is 6.70. The molecule has 6 heteroatoms. The highest BCUT2D eigenvalue weighted by atomic mass is 16.5. The molecule has 0 amide bonds. The molecule has 1 aliphatic heterocycles. The fourth-order valence-corrected chi connectivity index (χ4v) is 3.67. The first-order valence-electron chi connectivity index (χ1n) is 9.09. The van der Waals surface area contributed by atoms with Crippen LogP contribution < -0.4 is 24.0 Å². The number of methoxy groups -OCH3 is 3. The summed E-state index contributed by atoms with van der Waals surface area (Å²) in [7, 11) is 4.98. The van der Waals surface area contributed by atoms with Crippen LogP contribution in [0, 0.1) is 0 Å². The Kier molecular flexibility index (Phi) is 6.30. The molecule has 0 saturated carbocycles. The van der Waals surface area contributed by atoms with Gasteiger partial charge in [0.05, 0.1) is 26.9 Å². The summed E-state index contributed by atoms with van der Waals surface area (Å²) in [5, 5.41) is 0. The van der Waals surface area contributed by atoms with Crippen LogP contribution in [0.4, 0.5) is 0 Å². The third kappa shape index (κ3) is 4.26. The number of nitrogens with one attached hydrogen (secondary N) is 2. The molecule has 2 heterocycles. The molecule has 0 aliphatic carbocycles. The van der Waals surface area contributed by atoms with Crippen LogP contribution in [-0.2, 0) is 13.1 Å². The quantitative estimate of drug-likeness (QED) is 0.706. The number of pyridine rings is 1. The van der Waals surface area contributed by atoms with Gasteiger partial charge in [0, 0.05) is 18.0 Å². The van der Waals surface area contributed by atoms with Crippen molar-refractivity contribution in [3.63, 3.8) is 0 Å². The van der Waals surface area contributed by atoms with Gasteiger partial charge in [-0.1, -0.05) is 0 Å². The number of hydrogen-bond acceptors (Lipinski definition) is 4. The van der Waals surface area contributed by atoms with Gasteiger partial charge in [-0.05, 0) is 24.3 Å². The Labute approximate surface area is 155 Å². The topological polar surface area (TPSA) is 49.5 Å². The number of rotatable bonds is 7. The molecule has 26 heavy (non-hydrogen) atoms. The summed E-state index contributed by atoms with van der Waals surface area (Å²) < 4.78 is 16.5. The third-order valence-corrected chi connectivity index (χ3v) is 5.09. The zero-order valence-corrected chi connectivity index (χ0v) is 15.9. The third-order valence-electron chi connectivity index (χ3n) is 5.09. The van der Waals surface area contributed by atoms with Gasteiger partial charge < -0.3 is 24.0 Å². The summed E-state index contributed by atoms with van der Waals surface area (Å²) in [5.74, 6) is 2.16. The lowest BCUT2D eigenvalue weighted by Crippen LogP contribution is -3.27. The van der Waals surface area contributed by atoms with Gasteiger partial charge in [0.2, 0.25) is 5.75 Å². The molecule has 1 saturated heterocycles.